The van der Waals surface area contributed by atoms with Crippen LogP contribution < -0.4 is 16.4 Å². The quantitative estimate of drug-likeness (QED) is 0.0272. The number of amides is 2. The van der Waals surface area contributed by atoms with Gasteiger partial charge in [-0.3, -0.25) is 33.3 Å². The predicted molar refractivity (Wildman–Crippen MR) is 434 cm³/mol. The van der Waals surface area contributed by atoms with Crippen LogP contribution in [0.25, 0.3) is 0 Å². The Morgan fingerprint density at radius 2 is 0.795 bits per heavy atom. The summed E-state index contributed by atoms with van der Waals surface area (Å²) in [5.74, 6) is 6.14. The number of aliphatic hydroxyl groups is 4. The van der Waals surface area contributed by atoms with E-state index in [9.17, 15) is 34.5 Å². The van der Waals surface area contributed by atoms with Crippen molar-refractivity contribution >= 4 is 120 Å². The molecule has 29 nitrogen and oxygen atoms in total. The van der Waals surface area contributed by atoms with Crippen LogP contribution in [0.15, 0.2) is 4.99 Å². The minimum absolute atomic E-state index is 0. The van der Waals surface area contributed by atoms with E-state index in [4.69, 9.17) is 83.7 Å². The molecule has 0 bridgehead atoms. The summed E-state index contributed by atoms with van der Waals surface area (Å²) >= 11 is 9.53. The molecule has 8 aliphatic heterocycles. The van der Waals surface area contributed by atoms with Gasteiger partial charge in [0.25, 0.3) is 11.9 Å². The number of carboxylic acids is 2. The Labute approximate surface area is 849 Å². The van der Waals surface area contributed by atoms with Crippen LogP contribution in [0.2, 0.25) is 34.1 Å². The number of aliphatic hydroxyl groups excluding tert-OH is 4. The molecule has 8 rings (SSSR count). The zero-order chi connectivity index (χ0) is 80.2. The fourth-order valence-electron chi connectivity index (χ4n) is 10.7. The third-order valence-electron chi connectivity index (χ3n) is 18.1. The number of carbonyl (C=O) groups excluding carboxylic acids is 3. The molecule has 8 saturated heterocycles. The summed E-state index contributed by atoms with van der Waals surface area (Å²) in [6.45, 7) is 45.3. The van der Waals surface area contributed by atoms with Crippen LogP contribution in [0.4, 0.5) is 9.59 Å². The van der Waals surface area contributed by atoms with Crippen LogP contribution in [0.1, 0.15) is 160 Å². The molecule has 8 heterocycles. The summed E-state index contributed by atoms with van der Waals surface area (Å²) in [7, 11) is -1.77. The molecule has 112 heavy (non-hydrogen) atoms. The molecule has 8 aliphatic rings. The largest absolute Gasteiger partial charge is 0.481 e. The number of hydrogen-bond acceptors (Lipinski definition) is 25. The first-order valence-electron chi connectivity index (χ1n) is 36.5. The third-order valence-corrected chi connectivity index (χ3v) is 18.1. The van der Waals surface area contributed by atoms with E-state index < -0.39 is 17.5 Å². The van der Waals surface area contributed by atoms with Gasteiger partial charge in [0.05, 0.1) is 41.8 Å². The molecule has 8 fully saturated rings. The summed E-state index contributed by atoms with van der Waals surface area (Å²) < 4.78 is 10.2. The Balaban J connectivity index is -0.000000133. The van der Waals surface area contributed by atoms with Gasteiger partial charge in [-0.2, -0.15) is 51.4 Å². The molecule has 640 valence electrons. The van der Waals surface area contributed by atoms with Gasteiger partial charge >= 0.3 is 47.4 Å². The van der Waals surface area contributed by atoms with Crippen molar-refractivity contribution in [3.8, 4) is 0 Å². The molecule has 0 aromatic rings. The summed E-state index contributed by atoms with van der Waals surface area (Å²) in [4.78, 5) is 69.7. The first kappa shape index (κ1) is 137. The second kappa shape index (κ2) is 75.2. The zero-order valence-corrected chi connectivity index (χ0v) is 90.7. The van der Waals surface area contributed by atoms with Crippen LogP contribution in [0.5, 0.6) is 0 Å². The molecule has 15 N–H and O–H groups in total. The van der Waals surface area contributed by atoms with Gasteiger partial charge in [0.2, 0.25) is 0 Å². The topological polar surface area (TPSA) is 411 Å². The van der Waals surface area contributed by atoms with Crippen molar-refractivity contribution < 1.29 is 285 Å². The van der Waals surface area contributed by atoms with E-state index in [2.05, 4.69) is 43.9 Å². The maximum Gasteiger partial charge on any atom is 0.407 e. The Hall–Kier alpha value is 3.99. The number of ether oxygens (including phenoxy) is 2. The maximum atomic E-state index is 11.7. The van der Waals surface area contributed by atoms with Crippen molar-refractivity contribution in [1.29, 1.82) is 0 Å². The Kier molecular flexibility index (Phi) is 91.6. The van der Waals surface area contributed by atoms with Crippen molar-refractivity contribution in [2.45, 2.75) is 222 Å². The Bertz CT molecular complexity index is 2310. The van der Waals surface area contributed by atoms with Crippen molar-refractivity contribution in [2.75, 3.05) is 143 Å². The van der Waals surface area contributed by atoms with E-state index in [0.29, 0.717) is 19.8 Å². The molecule has 0 atom stereocenters. The number of aliphatic imine (C=N–C) groups is 1. The number of nitrogens with two attached hydrogens (primary N) is 1. The van der Waals surface area contributed by atoms with Crippen LogP contribution in [-0.2, 0) is 220 Å². The molecule has 0 aliphatic carbocycles. The molecular formula is C68H138B5Cl4N11O18Y6-6. The van der Waals surface area contributed by atoms with E-state index in [1.54, 1.807) is 41.1 Å². The van der Waals surface area contributed by atoms with Gasteiger partial charge in [0, 0.05) is 221 Å². The molecule has 0 saturated carbocycles. The molecule has 6 radical (unpaired) electrons. The van der Waals surface area contributed by atoms with Gasteiger partial charge < -0.3 is 137 Å². The third kappa shape index (κ3) is 67.4. The number of alkyl halides is 2. The summed E-state index contributed by atoms with van der Waals surface area (Å²) in [6.07, 6.45) is 14.0. The van der Waals surface area contributed by atoms with Crippen LogP contribution in [-0.4, -0.2) is 332 Å². The van der Waals surface area contributed by atoms with E-state index in [1.165, 1.54) is 29.6 Å². The average molecular weight is 2130 g/mol. The molecule has 0 spiro atoms. The van der Waals surface area contributed by atoms with Crippen LogP contribution >= 0.6 is 48.0 Å². The van der Waals surface area contributed by atoms with Crippen molar-refractivity contribution in [3.05, 3.63) is 35.5 Å². The van der Waals surface area contributed by atoms with Gasteiger partial charge in [0.1, 0.15) is 13.2 Å². The van der Waals surface area contributed by atoms with Crippen LogP contribution in [0, 0.1) is 35.5 Å². The van der Waals surface area contributed by atoms with E-state index in [0.717, 1.165) is 195 Å². The minimum Gasteiger partial charge on any atom is -0.481 e. The molecule has 2 amide bonds. The molecular weight excluding hydrogens is 1990 g/mol. The first-order chi connectivity index (χ1) is 48.3. The predicted octanol–water partition coefficient (Wildman–Crippen LogP) is 4.78. The van der Waals surface area contributed by atoms with Crippen molar-refractivity contribution in [2.24, 2.45) is 10.7 Å². The van der Waals surface area contributed by atoms with Gasteiger partial charge in [0.15, 0.2) is 0 Å². The molecule has 0 aromatic heterocycles. The zero-order valence-electron chi connectivity index (χ0n) is 70.6. The number of aldehydes is 1. The molecule has 0 aromatic carbocycles. The number of carbonyl (C=O) groups is 5. The minimum atomic E-state index is -0.833. The van der Waals surface area contributed by atoms with Gasteiger partial charge in [-0.1, -0.05) is 19.7 Å². The van der Waals surface area contributed by atoms with Gasteiger partial charge in [-0.25, -0.2) is 9.59 Å². The number of piperidine rings is 6. The van der Waals surface area contributed by atoms with E-state index >= 15 is 0 Å². The number of nitrogens with zero attached hydrogens (tertiary/aromatic N) is 8. The van der Waals surface area contributed by atoms with Gasteiger partial charge in [-0.05, 0) is 188 Å². The normalized spacial score (nSPS) is 18.7. The Morgan fingerprint density at radius 3 is 1.04 bits per heavy atom. The summed E-state index contributed by atoms with van der Waals surface area (Å²) in [6, 6.07) is 0. The fourth-order valence-corrected chi connectivity index (χ4v) is 10.7. The SMILES string of the molecule is CB(O)N1CC[C-](C=NC(C)(C)CO)CC1.CB(O)N1CC[C-](C=O)CC1.CB(O)N1CC[C-](CN2C(=O)OCC2(C)C)CC1.CB(O)N1CC[C-](CNC(C)(C)CO)CC1.CB(O)N1CC[C-](CO)CC1.CC(=O)O.CC(=O)O.CC(C)(N)CO.CC1(C)COC(=O)N1C[C-]1CCNCC1.Cl.Cl.ClCCl.[Y].[Y].[Y].[Y].[Y].[Y]. The van der Waals surface area contributed by atoms with Crippen molar-refractivity contribution in [3.63, 3.8) is 0 Å². The van der Waals surface area contributed by atoms with Gasteiger partial charge in [-0.15, -0.1) is 86.5 Å². The first-order valence-corrected chi connectivity index (χ1v) is 37.6. The number of nitrogens with one attached hydrogen (secondary N) is 2. The number of aliphatic carboxylic acids is 2. The van der Waals surface area contributed by atoms with E-state index in [1.807, 2.05) is 74.0 Å². The second-order valence-electron chi connectivity index (χ2n) is 30.5. The molecule has 44 heteroatoms. The number of halogens is 4. The number of carboxylic acid groups (broad SMARTS) is 2. The Morgan fingerprint density at radius 1 is 0.527 bits per heavy atom. The summed E-state index contributed by atoms with van der Waals surface area (Å²) in [5.41, 5.74) is 3.95. The monoisotopic (exact) mass is 2130 g/mol. The number of cyclic esters (lactones) is 2. The van der Waals surface area contributed by atoms with Crippen LogP contribution in [0.3, 0.4) is 0 Å². The maximum absolute atomic E-state index is 11.7. The number of rotatable bonds is 19. The van der Waals surface area contributed by atoms with E-state index in [-0.39, 0.29) is 322 Å². The second-order valence-corrected chi connectivity index (χ2v) is 31.3. The fraction of sp³-hybridized carbons (Fsp3) is 0.824. The smallest absolute Gasteiger partial charge is 0.407 e. The average Bonchev–Trinajstić information content (AvgIpc) is 1.65. The summed E-state index contributed by atoms with van der Waals surface area (Å²) in [5, 5.41) is 104. The number of hydrogen-bond donors (Lipinski definition) is 14. The standard InChI is InChI=1S/C12H22BN2O3.C11H24BN2O2.C11H22BN2O2.C11H19N2O2.C7H15BNO2.C7H13BNO2.C4H11NO.2C2H4O2.CH2Cl2.2ClH.6Y/c1-12(2)9-18-11(16)15(12)8-10-4-6-14(7-5-10)13(3)17;2*1-11(2,9-15)13-8-10-4-6-14(7-5-10)12(3)16;1-11(2)8-15-10(14)13(11)7-9-3-5-12-6-4-9;2*1-8(11)9-4-2-7(6-10)3-5-9;1-4(2,5)3-6;2*1-2(3)4;2-1-3;;;;;;;;/h17H,4-9H2,1-3H3;13,15-16H,4-9H2,1-3H3;8,15-16H,4-7,9H2,1-3H3;12H,3-8H2,1-2H3;10-11H,2-6H2,1H3;6,11H,2-5H2,1H3;6H,3,5H2,1-2H3;2*1H3,(H,3,4);1H2;2*1H;;;;;;/q6*-1;;;;;;;;;;;;. The molecule has 0 unspecified atom stereocenters. The van der Waals surface area contributed by atoms with Crippen molar-refractivity contribution in [1.82, 2.24) is 44.5 Å².